The fourth-order valence-corrected chi connectivity index (χ4v) is 13.0. The molecule has 4 aromatic heterocycles. The minimum Gasteiger partial charge on any atom is -0.309 e. The molecular formula is C62H48N2S2. The zero-order chi connectivity index (χ0) is 44.6. The summed E-state index contributed by atoms with van der Waals surface area (Å²) < 4.78 is 10.3. The molecular weight excluding hydrogens is 837 g/mol. The van der Waals surface area contributed by atoms with Crippen LogP contribution in [0.2, 0.25) is 0 Å². The van der Waals surface area contributed by atoms with Crippen LogP contribution in [-0.2, 0) is 10.8 Å². The summed E-state index contributed by atoms with van der Waals surface area (Å²) in [5.74, 6) is 0. The fourth-order valence-electron chi connectivity index (χ4n) is 10.6. The SMILES string of the molecule is CC(C)(C)c1ccc2sc3c(-c4ccc5c(c4)c4ccccc4n5-c4cccc(-n5c6ccccc6c6cc(-c7cccc8c7sc7ccc(C(C)(C)C)cc78)ccc65)c4)cccc3c2c1. The lowest BCUT2D eigenvalue weighted by Gasteiger charge is -2.18. The van der Waals surface area contributed by atoms with E-state index in [4.69, 9.17) is 0 Å². The van der Waals surface area contributed by atoms with Crippen molar-refractivity contribution in [3.05, 3.63) is 193 Å². The molecule has 0 fully saturated rings. The maximum Gasteiger partial charge on any atom is 0.0541 e. The van der Waals surface area contributed by atoms with Gasteiger partial charge in [0.25, 0.3) is 0 Å². The molecule has 0 aliphatic carbocycles. The monoisotopic (exact) mass is 884 g/mol. The van der Waals surface area contributed by atoms with Gasteiger partial charge in [-0.15, -0.1) is 22.7 Å². The normalized spacial score (nSPS) is 12.7. The van der Waals surface area contributed by atoms with Gasteiger partial charge in [-0.25, -0.2) is 0 Å². The van der Waals surface area contributed by atoms with E-state index in [1.165, 1.54) is 117 Å². The predicted molar refractivity (Wildman–Crippen MR) is 289 cm³/mol. The van der Waals surface area contributed by atoms with Crippen molar-refractivity contribution in [3.63, 3.8) is 0 Å². The summed E-state index contributed by atoms with van der Waals surface area (Å²) >= 11 is 3.82. The van der Waals surface area contributed by atoms with Crippen LogP contribution in [0.1, 0.15) is 52.7 Å². The minimum atomic E-state index is 0.0978. The number of para-hydroxylation sites is 2. The van der Waals surface area contributed by atoms with Crippen molar-refractivity contribution >= 4 is 107 Å². The van der Waals surface area contributed by atoms with E-state index in [1.54, 1.807) is 0 Å². The topological polar surface area (TPSA) is 9.86 Å². The first-order valence-corrected chi connectivity index (χ1v) is 24.7. The molecule has 0 aliphatic rings. The molecule has 0 radical (unpaired) electrons. The molecule has 0 amide bonds. The molecule has 4 heterocycles. The van der Waals surface area contributed by atoms with E-state index in [9.17, 15) is 0 Å². The summed E-state index contributed by atoms with van der Waals surface area (Å²) in [6.45, 7) is 13.8. The first-order chi connectivity index (χ1) is 32.0. The Morgan fingerprint density at radius 3 is 1.18 bits per heavy atom. The highest BCUT2D eigenvalue weighted by Crippen LogP contribution is 2.45. The molecule has 66 heavy (non-hydrogen) atoms. The third-order valence-electron chi connectivity index (χ3n) is 14.0. The van der Waals surface area contributed by atoms with E-state index in [0.29, 0.717) is 0 Å². The van der Waals surface area contributed by atoms with Crippen molar-refractivity contribution in [1.29, 1.82) is 0 Å². The number of thiophene rings is 2. The molecule has 13 rings (SSSR count). The average Bonchev–Trinajstić information content (AvgIpc) is 4.08. The summed E-state index contributed by atoms with van der Waals surface area (Å²) in [5.41, 5.74) is 15.1. The summed E-state index contributed by atoms with van der Waals surface area (Å²) in [6, 6.07) is 68.8. The third kappa shape index (κ3) is 5.98. The van der Waals surface area contributed by atoms with Gasteiger partial charge in [0.1, 0.15) is 0 Å². The molecule has 4 heteroatoms. The zero-order valence-electron chi connectivity index (χ0n) is 38.0. The lowest BCUT2D eigenvalue weighted by molar-refractivity contribution is 0.591. The number of hydrogen-bond acceptors (Lipinski definition) is 2. The maximum atomic E-state index is 2.45. The Morgan fingerprint density at radius 2 is 0.727 bits per heavy atom. The van der Waals surface area contributed by atoms with Crippen molar-refractivity contribution < 1.29 is 0 Å². The molecule has 2 nitrogen and oxygen atoms in total. The highest BCUT2D eigenvalue weighted by atomic mass is 32.1. The Bertz CT molecular complexity index is 3870. The Morgan fingerprint density at radius 1 is 0.318 bits per heavy atom. The molecule has 0 spiro atoms. The molecule has 0 bridgehead atoms. The van der Waals surface area contributed by atoms with E-state index in [1.807, 2.05) is 22.7 Å². The van der Waals surface area contributed by atoms with E-state index in [-0.39, 0.29) is 10.8 Å². The van der Waals surface area contributed by atoms with Gasteiger partial charge in [0.15, 0.2) is 0 Å². The molecule has 0 unspecified atom stereocenters. The maximum absolute atomic E-state index is 2.45. The number of nitrogens with zero attached hydrogens (tertiary/aromatic N) is 2. The molecule has 0 N–H and O–H groups in total. The molecule has 0 aliphatic heterocycles. The quantitative estimate of drug-likeness (QED) is 0.167. The lowest BCUT2D eigenvalue weighted by atomic mass is 9.86. The second-order valence-electron chi connectivity index (χ2n) is 20.2. The highest BCUT2D eigenvalue weighted by molar-refractivity contribution is 7.26. The molecule has 9 aromatic carbocycles. The Hall–Kier alpha value is -6.98. The van der Waals surface area contributed by atoms with Crippen molar-refractivity contribution in [2.45, 2.75) is 52.4 Å². The van der Waals surface area contributed by atoms with E-state index >= 15 is 0 Å². The standard InChI is InChI=1S/C62H48N2S2/c1-61(2,3)39-26-30-57-51(34-39)47-20-12-18-43(59(47)65-57)37-24-28-55-49(32-37)45-16-7-9-22-53(45)63(55)41-14-11-15-42(36-41)64-54-23-10-8-17-46(54)50-33-38(25-29-56(50)64)44-19-13-21-48-52-35-40(62(4,5)6)27-31-58(52)66-60(44)48/h7-36H,1-6H3. The number of aromatic nitrogens is 2. The van der Waals surface area contributed by atoms with Crippen molar-refractivity contribution in [3.8, 4) is 33.6 Å². The Labute approximate surface area is 392 Å². The third-order valence-corrected chi connectivity index (χ3v) is 16.5. The second-order valence-corrected chi connectivity index (χ2v) is 22.3. The van der Waals surface area contributed by atoms with Gasteiger partial charge in [-0.3, -0.25) is 0 Å². The van der Waals surface area contributed by atoms with Crippen LogP contribution in [-0.4, -0.2) is 9.13 Å². The van der Waals surface area contributed by atoms with Crippen molar-refractivity contribution in [2.75, 3.05) is 0 Å². The van der Waals surface area contributed by atoms with E-state index in [2.05, 4.69) is 233 Å². The fraction of sp³-hybridized carbons (Fsp3) is 0.129. The van der Waals surface area contributed by atoms with Gasteiger partial charge < -0.3 is 9.13 Å². The predicted octanol–water partition coefficient (Wildman–Crippen LogP) is 18.5. The van der Waals surface area contributed by atoms with Gasteiger partial charge in [-0.1, -0.05) is 145 Å². The molecule has 0 saturated heterocycles. The van der Waals surface area contributed by atoms with E-state index < -0.39 is 0 Å². The van der Waals surface area contributed by atoms with Crippen LogP contribution in [0, 0.1) is 0 Å². The van der Waals surface area contributed by atoms with Gasteiger partial charge in [0.2, 0.25) is 0 Å². The number of benzene rings is 9. The highest BCUT2D eigenvalue weighted by Gasteiger charge is 2.21. The van der Waals surface area contributed by atoms with Crippen molar-refractivity contribution in [2.24, 2.45) is 0 Å². The Kier molecular flexibility index (Phi) is 8.51. The van der Waals surface area contributed by atoms with Crippen LogP contribution in [0.4, 0.5) is 0 Å². The van der Waals surface area contributed by atoms with Crippen LogP contribution in [0.5, 0.6) is 0 Å². The second kappa shape index (κ2) is 14.3. The lowest BCUT2D eigenvalue weighted by Crippen LogP contribution is -2.10. The Balaban J connectivity index is 0.938. The van der Waals surface area contributed by atoms with Crippen LogP contribution < -0.4 is 0 Å². The summed E-state index contributed by atoms with van der Waals surface area (Å²) in [7, 11) is 0. The van der Waals surface area contributed by atoms with Crippen LogP contribution in [0.3, 0.4) is 0 Å². The smallest absolute Gasteiger partial charge is 0.0541 e. The van der Waals surface area contributed by atoms with E-state index in [0.717, 1.165) is 11.4 Å². The van der Waals surface area contributed by atoms with Crippen LogP contribution in [0.15, 0.2) is 182 Å². The summed E-state index contributed by atoms with van der Waals surface area (Å²) in [4.78, 5) is 0. The van der Waals surface area contributed by atoms with Gasteiger partial charge in [0, 0.05) is 73.3 Å². The summed E-state index contributed by atoms with van der Waals surface area (Å²) in [6.07, 6.45) is 0. The van der Waals surface area contributed by atoms with Crippen LogP contribution in [0.25, 0.3) is 118 Å². The summed E-state index contributed by atoms with van der Waals surface area (Å²) in [5, 5.41) is 10.4. The van der Waals surface area contributed by atoms with Gasteiger partial charge in [0.05, 0.1) is 22.1 Å². The molecule has 318 valence electrons. The number of fused-ring (bicyclic) bond motifs is 12. The number of rotatable bonds is 4. The first kappa shape index (κ1) is 39.4. The van der Waals surface area contributed by atoms with Crippen LogP contribution >= 0.6 is 22.7 Å². The number of hydrogen-bond donors (Lipinski definition) is 0. The van der Waals surface area contributed by atoms with Gasteiger partial charge >= 0.3 is 0 Å². The average molecular weight is 885 g/mol. The molecule has 0 saturated carbocycles. The van der Waals surface area contributed by atoms with Crippen molar-refractivity contribution in [1.82, 2.24) is 9.13 Å². The largest absolute Gasteiger partial charge is 0.309 e. The minimum absolute atomic E-state index is 0.0978. The van der Waals surface area contributed by atoms with Gasteiger partial charge in [-0.2, -0.15) is 0 Å². The molecule has 13 aromatic rings. The first-order valence-electron chi connectivity index (χ1n) is 23.1. The van der Waals surface area contributed by atoms with Gasteiger partial charge in [-0.05, 0) is 123 Å². The zero-order valence-corrected chi connectivity index (χ0v) is 39.7. The molecule has 0 atom stereocenters.